The highest BCUT2D eigenvalue weighted by molar-refractivity contribution is 5.92. The molecule has 0 bridgehead atoms. The molecule has 1 aliphatic rings. The van der Waals surface area contributed by atoms with E-state index in [4.69, 9.17) is 0 Å². The van der Waals surface area contributed by atoms with Crippen LogP contribution in [0.15, 0.2) is 60.9 Å². The molecule has 0 aliphatic carbocycles. The van der Waals surface area contributed by atoms with Gasteiger partial charge in [-0.15, -0.1) is 0 Å². The van der Waals surface area contributed by atoms with Crippen LogP contribution in [0.2, 0.25) is 0 Å². The van der Waals surface area contributed by atoms with Crippen LogP contribution in [0.5, 0.6) is 0 Å². The first-order chi connectivity index (χ1) is 15.7. The molecule has 0 unspecified atom stereocenters. The third-order valence-corrected chi connectivity index (χ3v) is 6.40. The van der Waals surface area contributed by atoms with Gasteiger partial charge >= 0.3 is 0 Å². The Morgan fingerprint density at radius 1 is 1.09 bits per heavy atom. The van der Waals surface area contributed by atoms with Crippen LogP contribution in [0.4, 0.5) is 5.69 Å². The van der Waals surface area contributed by atoms with Crippen molar-refractivity contribution in [2.75, 3.05) is 24.5 Å². The van der Waals surface area contributed by atoms with Gasteiger partial charge < -0.3 is 10.2 Å². The summed E-state index contributed by atoms with van der Waals surface area (Å²) < 4.78 is 1.97. The third-order valence-electron chi connectivity index (χ3n) is 6.40. The Morgan fingerprint density at radius 3 is 2.78 bits per heavy atom. The minimum atomic E-state index is 0.0911. The zero-order chi connectivity index (χ0) is 21.9. The van der Waals surface area contributed by atoms with Crippen molar-refractivity contribution in [3.63, 3.8) is 0 Å². The number of anilines is 1. The number of piperidine rings is 1. The summed E-state index contributed by atoms with van der Waals surface area (Å²) in [7, 11) is 0. The Hall–Kier alpha value is -3.41. The van der Waals surface area contributed by atoms with Crippen molar-refractivity contribution < 1.29 is 4.79 Å². The normalized spacial score (nSPS) is 14.8. The molecule has 1 aliphatic heterocycles. The van der Waals surface area contributed by atoms with E-state index in [-0.39, 0.29) is 11.8 Å². The van der Waals surface area contributed by atoms with Gasteiger partial charge in [-0.3, -0.25) is 14.5 Å². The second-order valence-corrected chi connectivity index (χ2v) is 8.71. The lowest BCUT2D eigenvalue weighted by Crippen LogP contribution is -2.41. The van der Waals surface area contributed by atoms with Gasteiger partial charge in [-0.05, 0) is 50.5 Å². The van der Waals surface area contributed by atoms with E-state index >= 15 is 0 Å². The van der Waals surface area contributed by atoms with Crippen LogP contribution in [0.3, 0.4) is 0 Å². The van der Waals surface area contributed by atoms with E-state index in [1.807, 2.05) is 29.1 Å². The maximum atomic E-state index is 12.7. The molecule has 2 aromatic carbocycles. The molecule has 0 spiro atoms. The predicted octanol–water partition coefficient (Wildman–Crippen LogP) is 4.32. The molecule has 6 nitrogen and oxygen atoms in total. The van der Waals surface area contributed by atoms with E-state index in [2.05, 4.69) is 63.8 Å². The molecule has 5 rings (SSSR count). The minimum Gasteiger partial charge on any atom is -0.371 e. The van der Waals surface area contributed by atoms with Crippen molar-refractivity contribution in [2.45, 2.75) is 32.7 Å². The fraction of sp³-hybridized carbons (Fsp3) is 0.346. The third kappa shape index (κ3) is 4.31. The molecule has 0 atom stereocenters. The number of aryl methyl sites for hydroxylation is 2. The second kappa shape index (κ2) is 8.99. The lowest BCUT2D eigenvalue weighted by Gasteiger charge is -2.33. The van der Waals surface area contributed by atoms with Gasteiger partial charge in [0.15, 0.2) is 0 Å². The van der Waals surface area contributed by atoms with Crippen molar-refractivity contribution in [3.05, 3.63) is 66.5 Å². The quantitative estimate of drug-likeness (QED) is 0.466. The van der Waals surface area contributed by atoms with E-state index in [9.17, 15) is 4.79 Å². The SMILES string of the molecule is Cc1ccc2nccc(N3CCC(C(=O)NCCCn4cc5ccccc5n4)CC3)c2c1. The van der Waals surface area contributed by atoms with Crippen LogP contribution in [0.25, 0.3) is 21.8 Å². The highest BCUT2D eigenvalue weighted by Gasteiger charge is 2.25. The van der Waals surface area contributed by atoms with Crippen molar-refractivity contribution in [3.8, 4) is 0 Å². The van der Waals surface area contributed by atoms with E-state index in [1.54, 1.807) is 0 Å². The summed E-state index contributed by atoms with van der Waals surface area (Å²) in [6.07, 6.45) is 6.59. The summed E-state index contributed by atoms with van der Waals surface area (Å²) >= 11 is 0. The van der Waals surface area contributed by atoms with Gasteiger partial charge in [0.1, 0.15) is 0 Å². The van der Waals surface area contributed by atoms with E-state index in [0.717, 1.165) is 55.3 Å². The van der Waals surface area contributed by atoms with E-state index in [0.29, 0.717) is 6.54 Å². The van der Waals surface area contributed by atoms with Crippen molar-refractivity contribution in [1.29, 1.82) is 0 Å². The molecule has 6 heteroatoms. The number of fused-ring (bicyclic) bond motifs is 2. The molecule has 32 heavy (non-hydrogen) atoms. The summed E-state index contributed by atoms with van der Waals surface area (Å²) in [6, 6.07) is 16.6. The monoisotopic (exact) mass is 427 g/mol. The highest BCUT2D eigenvalue weighted by atomic mass is 16.1. The fourth-order valence-corrected chi connectivity index (χ4v) is 4.63. The number of carbonyl (C=O) groups is 1. The number of nitrogens with one attached hydrogen (secondary N) is 1. The zero-order valence-corrected chi connectivity index (χ0v) is 18.5. The van der Waals surface area contributed by atoms with Gasteiger partial charge in [0.05, 0.1) is 11.0 Å². The Morgan fingerprint density at radius 2 is 1.94 bits per heavy atom. The predicted molar refractivity (Wildman–Crippen MR) is 129 cm³/mol. The Bertz CT molecular complexity index is 1210. The van der Waals surface area contributed by atoms with Crippen LogP contribution in [0, 0.1) is 12.8 Å². The van der Waals surface area contributed by atoms with E-state index < -0.39 is 0 Å². The molecule has 0 radical (unpaired) electrons. The minimum absolute atomic E-state index is 0.0911. The van der Waals surface area contributed by atoms with Crippen LogP contribution in [-0.4, -0.2) is 40.3 Å². The van der Waals surface area contributed by atoms with Crippen molar-refractivity contribution in [2.24, 2.45) is 5.92 Å². The lowest BCUT2D eigenvalue weighted by atomic mass is 9.95. The standard InChI is InChI=1S/C26H29N5O/c1-19-7-8-24-22(17-19)25(9-13-27-24)30-15-10-20(11-16-30)26(32)28-12-4-14-31-18-21-5-2-3-6-23(21)29-31/h2-3,5-9,13,17-18,20H,4,10-12,14-16H2,1H3,(H,28,32). The highest BCUT2D eigenvalue weighted by Crippen LogP contribution is 2.30. The molecule has 2 aromatic heterocycles. The van der Waals surface area contributed by atoms with Crippen molar-refractivity contribution in [1.82, 2.24) is 20.1 Å². The average molecular weight is 428 g/mol. The molecule has 1 amide bonds. The first-order valence-electron chi connectivity index (χ1n) is 11.5. The maximum Gasteiger partial charge on any atom is 0.223 e. The van der Waals surface area contributed by atoms with Crippen LogP contribution in [0.1, 0.15) is 24.8 Å². The van der Waals surface area contributed by atoms with Crippen LogP contribution >= 0.6 is 0 Å². The molecular formula is C26H29N5O. The summed E-state index contributed by atoms with van der Waals surface area (Å²) in [6.45, 7) is 5.39. The number of carbonyl (C=O) groups excluding carboxylic acids is 1. The van der Waals surface area contributed by atoms with E-state index in [1.165, 1.54) is 16.6 Å². The molecule has 1 fully saturated rings. The number of amides is 1. The summed E-state index contributed by atoms with van der Waals surface area (Å²) in [5.74, 6) is 0.277. The van der Waals surface area contributed by atoms with Gasteiger partial charge in [0.2, 0.25) is 5.91 Å². The number of aromatic nitrogens is 3. The van der Waals surface area contributed by atoms with Crippen LogP contribution in [-0.2, 0) is 11.3 Å². The Labute approximate surface area is 188 Å². The van der Waals surface area contributed by atoms with Crippen molar-refractivity contribution >= 4 is 33.4 Å². The number of rotatable bonds is 6. The molecule has 164 valence electrons. The smallest absolute Gasteiger partial charge is 0.223 e. The van der Waals surface area contributed by atoms with Gasteiger partial charge in [-0.25, -0.2) is 0 Å². The fourth-order valence-electron chi connectivity index (χ4n) is 4.63. The number of hydrogen-bond acceptors (Lipinski definition) is 4. The molecule has 1 N–H and O–H groups in total. The number of nitrogens with zero attached hydrogens (tertiary/aromatic N) is 4. The van der Waals surface area contributed by atoms with Gasteiger partial charge in [0, 0.05) is 61.0 Å². The topological polar surface area (TPSA) is 63.1 Å². The van der Waals surface area contributed by atoms with Gasteiger partial charge in [-0.1, -0.05) is 29.8 Å². The van der Waals surface area contributed by atoms with Crippen LogP contribution < -0.4 is 10.2 Å². The van der Waals surface area contributed by atoms with Gasteiger partial charge in [0.25, 0.3) is 0 Å². The average Bonchev–Trinajstić information content (AvgIpc) is 3.24. The Kier molecular flexibility index (Phi) is 5.75. The summed E-state index contributed by atoms with van der Waals surface area (Å²) in [4.78, 5) is 19.6. The summed E-state index contributed by atoms with van der Waals surface area (Å²) in [5, 5.41) is 10.1. The lowest BCUT2D eigenvalue weighted by molar-refractivity contribution is -0.125. The molecule has 3 heterocycles. The largest absolute Gasteiger partial charge is 0.371 e. The number of hydrogen-bond donors (Lipinski definition) is 1. The first-order valence-corrected chi connectivity index (χ1v) is 11.5. The zero-order valence-electron chi connectivity index (χ0n) is 18.5. The second-order valence-electron chi connectivity index (χ2n) is 8.71. The molecule has 4 aromatic rings. The van der Waals surface area contributed by atoms with Gasteiger partial charge in [-0.2, -0.15) is 5.10 Å². The number of benzene rings is 2. The molecule has 1 saturated heterocycles. The first kappa shape index (κ1) is 20.5. The molecular weight excluding hydrogens is 398 g/mol. The molecule has 0 saturated carbocycles. The Balaban J connectivity index is 1.11. The maximum absolute atomic E-state index is 12.7. The number of pyridine rings is 1. The summed E-state index contributed by atoms with van der Waals surface area (Å²) in [5.41, 5.74) is 4.51.